The van der Waals surface area contributed by atoms with Crippen LogP contribution in [0.15, 0.2) is 64.0 Å². The van der Waals surface area contributed by atoms with Gasteiger partial charge in [0.25, 0.3) is 5.91 Å². The molecule has 0 saturated heterocycles. The third kappa shape index (κ3) is 4.55. The highest BCUT2D eigenvalue weighted by Gasteiger charge is 2.23. The molecule has 3 aromatic rings. The van der Waals surface area contributed by atoms with Gasteiger partial charge < -0.3 is 9.84 Å². The molecule has 1 N–H and O–H groups in total. The molecule has 29 heavy (non-hydrogen) atoms. The zero-order chi connectivity index (χ0) is 21.2. The third-order valence-corrected chi connectivity index (χ3v) is 6.65. The van der Waals surface area contributed by atoms with E-state index in [1.807, 2.05) is 31.2 Å². The molecule has 0 unspecified atom stereocenters. The molecule has 1 heterocycles. The first kappa shape index (κ1) is 20.8. The van der Waals surface area contributed by atoms with E-state index in [9.17, 15) is 13.2 Å². The van der Waals surface area contributed by atoms with Crippen LogP contribution in [0.1, 0.15) is 30.0 Å². The second-order valence-corrected chi connectivity index (χ2v) is 9.03. The fourth-order valence-electron chi connectivity index (χ4n) is 2.59. The van der Waals surface area contributed by atoms with Crippen molar-refractivity contribution in [3.63, 3.8) is 0 Å². The minimum absolute atomic E-state index is 0.0665. The van der Waals surface area contributed by atoms with Crippen LogP contribution in [0.25, 0.3) is 11.3 Å². The van der Waals surface area contributed by atoms with Crippen molar-refractivity contribution in [3.8, 4) is 11.3 Å². The van der Waals surface area contributed by atoms with Crippen LogP contribution in [-0.4, -0.2) is 36.9 Å². The molecular weight excluding hydrogens is 390 g/mol. The van der Waals surface area contributed by atoms with Gasteiger partial charge in [0.05, 0.1) is 4.90 Å². The predicted molar refractivity (Wildman–Crippen MR) is 111 cm³/mol. The second-order valence-electron chi connectivity index (χ2n) is 7.04. The van der Waals surface area contributed by atoms with E-state index in [2.05, 4.69) is 10.5 Å². The number of aromatic nitrogens is 1. The Morgan fingerprint density at radius 1 is 1.07 bits per heavy atom. The summed E-state index contributed by atoms with van der Waals surface area (Å²) in [7, 11) is -2.04. The minimum atomic E-state index is -3.57. The first-order valence-electron chi connectivity index (χ1n) is 9.11. The van der Waals surface area contributed by atoms with Gasteiger partial charge in [0, 0.05) is 30.4 Å². The van der Waals surface area contributed by atoms with E-state index in [4.69, 9.17) is 4.52 Å². The van der Waals surface area contributed by atoms with Gasteiger partial charge in [-0.05, 0) is 45.0 Å². The molecule has 0 aliphatic carbocycles. The molecule has 0 saturated carbocycles. The standard InChI is InChI=1S/C21H23N3O4S/c1-14(2)24(4)29(26,27)18-11-9-17(10-12-18)22-21(25)20-13-19(23-28-20)16-7-5-15(3)6-8-16/h5-14H,1-4H3,(H,22,25). The summed E-state index contributed by atoms with van der Waals surface area (Å²) < 4.78 is 31.5. The van der Waals surface area contributed by atoms with E-state index in [-0.39, 0.29) is 16.7 Å². The number of rotatable bonds is 6. The van der Waals surface area contributed by atoms with Gasteiger partial charge in [0.1, 0.15) is 5.69 Å². The molecule has 0 aliphatic heterocycles. The summed E-state index contributed by atoms with van der Waals surface area (Å²) in [5, 5.41) is 6.62. The number of benzene rings is 2. The van der Waals surface area contributed by atoms with Crippen molar-refractivity contribution in [1.29, 1.82) is 0 Å². The van der Waals surface area contributed by atoms with Gasteiger partial charge in [-0.3, -0.25) is 4.79 Å². The van der Waals surface area contributed by atoms with Crippen LogP contribution >= 0.6 is 0 Å². The van der Waals surface area contributed by atoms with Crippen LogP contribution in [0, 0.1) is 6.92 Å². The lowest BCUT2D eigenvalue weighted by molar-refractivity contribution is 0.0988. The lowest BCUT2D eigenvalue weighted by Crippen LogP contribution is -2.33. The van der Waals surface area contributed by atoms with E-state index in [1.165, 1.54) is 35.6 Å². The molecule has 1 amide bonds. The lowest BCUT2D eigenvalue weighted by atomic mass is 10.1. The fraction of sp³-hybridized carbons (Fsp3) is 0.238. The highest BCUT2D eigenvalue weighted by molar-refractivity contribution is 7.89. The van der Waals surface area contributed by atoms with Crippen LogP contribution in [0.3, 0.4) is 0 Å². The molecule has 0 spiro atoms. The van der Waals surface area contributed by atoms with Crippen LogP contribution in [0.5, 0.6) is 0 Å². The highest BCUT2D eigenvalue weighted by Crippen LogP contribution is 2.22. The van der Waals surface area contributed by atoms with Gasteiger partial charge in [-0.15, -0.1) is 0 Å². The lowest BCUT2D eigenvalue weighted by Gasteiger charge is -2.21. The monoisotopic (exact) mass is 413 g/mol. The minimum Gasteiger partial charge on any atom is -0.350 e. The molecule has 2 aromatic carbocycles. The van der Waals surface area contributed by atoms with Gasteiger partial charge in [-0.25, -0.2) is 8.42 Å². The van der Waals surface area contributed by atoms with Crippen LogP contribution < -0.4 is 5.32 Å². The Bertz CT molecular complexity index is 1100. The molecule has 8 heteroatoms. The number of nitrogens with zero attached hydrogens (tertiary/aromatic N) is 2. The topological polar surface area (TPSA) is 92.5 Å². The molecule has 7 nitrogen and oxygen atoms in total. The van der Waals surface area contributed by atoms with E-state index < -0.39 is 15.9 Å². The fourth-order valence-corrected chi connectivity index (χ4v) is 3.96. The summed E-state index contributed by atoms with van der Waals surface area (Å²) in [4.78, 5) is 12.6. The number of nitrogens with one attached hydrogen (secondary N) is 1. The molecule has 1 aromatic heterocycles. The smallest absolute Gasteiger partial charge is 0.294 e. The average molecular weight is 413 g/mol. The molecular formula is C21H23N3O4S. The van der Waals surface area contributed by atoms with Crippen LogP contribution in [0.4, 0.5) is 5.69 Å². The van der Waals surface area contributed by atoms with Gasteiger partial charge in [-0.1, -0.05) is 35.0 Å². The van der Waals surface area contributed by atoms with Crippen LogP contribution in [0.2, 0.25) is 0 Å². The van der Waals surface area contributed by atoms with Gasteiger partial charge >= 0.3 is 0 Å². The van der Waals surface area contributed by atoms with Gasteiger partial charge in [-0.2, -0.15) is 4.31 Å². The number of carbonyl (C=O) groups is 1. The van der Waals surface area contributed by atoms with Gasteiger partial charge in [0.2, 0.25) is 15.8 Å². The Morgan fingerprint density at radius 2 is 1.69 bits per heavy atom. The Morgan fingerprint density at radius 3 is 2.28 bits per heavy atom. The largest absolute Gasteiger partial charge is 0.350 e. The SMILES string of the molecule is Cc1ccc(-c2cc(C(=O)Nc3ccc(S(=O)(=O)N(C)C(C)C)cc3)on2)cc1. The number of amides is 1. The number of sulfonamides is 1. The predicted octanol–water partition coefficient (Wildman–Crippen LogP) is 3.93. The van der Waals surface area contributed by atoms with E-state index >= 15 is 0 Å². The molecule has 0 atom stereocenters. The normalized spacial score (nSPS) is 11.8. The number of carbonyl (C=O) groups excluding carboxylic acids is 1. The molecule has 3 rings (SSSR count). The summed E-state index contributed by atoms with van der Waals surface area (Å²) in [6, 6.07) is 15.1. The van der Waals surface area contributed by atoms with Crippen molar-refractivity contribution >= 4 is 21.6 Å². The average Bonchev–Trinajstić information content (AvgIpc) is 3.18. The molecule has 0 bridgehead atoms. The first-order chi connectivity index (χ1) is 13.7. The molecule has 0 fully saturated rings. The van der Waals surface area contributed by atoms with Crippen molar-refractivity contribution in [1.82, 2.24) is 9.46 Å². The zero-order valence-electron chi connectivity index (χ0n) is 16.7. The summed E-state index contributed by atoms with van der Waals surface area (Å²) >= 11 is 0. The number of anilines is 1. The number of aryl methyl sites for hydroxylation is 1. The quantitative estimate of drug-likeness (QED) is 0.661. The third-order valence-electron chi connectivity index (χ3n) is 4.60. The van der Waals surface area contributed by atoms with Crippen molar-refractivity contribution in [2.45, 2.75) is 31.7 Å². The Labute approximate surface area is 170 Å². The first-order valence-corrected chi connectivity index (χ1v) is 10.6. The summed E-state index contributed by atoms with van der Waals surface area (Å²) in [5.41, 5.74) is 2.99. The Balaban J connectivity index is 1.72. The van der Waals surface area contributed by atoms with Crippen LogP contribution in [-0.2, 0) is 10.0 Å². The number of hydrogen-bond donors (Lipinski definition) is 1. The van der Waals surface area contributed by atoms with Crippen molar-refractivity contribution in [2.24, 2.45) is 0 Å². The summed E-state index contributed by atoms with van der Waals surface area (Å²) in [6.07, 6.45) is 0. The summed E-state index contributed by atoms with van der Waals surface area (Å²) in [6.45, 7) is 5.59. The Hall–Kier alpha value is -2.97. The van der Waals surface area contributed by atoms with Crippen molar-refractivity contribution in [2.75, 3.05) is 12.4 Å². The Kier molecular flexibility index (Phi) is 5.86. The number of hydrogen-bond acceptors (Lipinski definition) is 5. The maximum atomic E-state index is 12.5. The van der Waals surface area contributed by atoms with E-state index in [0.29, 0.717) is 11.4 Å². The second kappa shape index (κ2) is 8.18. The van der Waals surface area contributed by atoms with Crippen molar-refractivity contribution < 1.29 is 17.7 Å². The summed E-state index contributed by atoms with van der Waals surface area (Å²) in [5.74, 6) is -0.400. The molecule has 0 aliphatic rings. The van der Waals surface area contributed by atoms with Gasteiger partial charge in [0.15, 0.2) is 0 Å². The van der Waals surface area contributed by atoms with E-state index in [1.54, 1.807) is 19.9 Å². The highest BCUT2D eigenvalue weighted by atomic mass is 32.2. The maximum Gasteiger partial charge on any atom is 0.294 e. The van der Waals surface area contributed by atoms with E-state index in [0.717, 1.165) is 11.1 Å². The molecule has 0 radical (unpaired) electrons. The van der Waals surface area contributed by atoms with Crippen molar-refractivity contribution in [3.05, 3.63) is 65.9 Å². The zero-order valence-corrected chi connectivity index (χ0v) is 17.5. The maximum absolute atomic E-state index is 12.5. The molecule has 152 valence electrons.